The highest BCUT2D eigenvalue weighted by Gasteiger charge is 2.38. The molecule has 1 saturated carbocycles. The number of rotatable bonds is 2. The predicted molar refractivity (Wildman–Crippen MR) is 74.0 cm³/mol. The van der Waals surface area contributed by atoms with Crippen LogP contribution in [0, 0.1) is 0 Å². The number of nitrogens with one attached hydrogen (secondary N) is 2. The fraction of sp³-hybridized carbons (Fsp3) is 0.933. The molecular formula is C15H26N2O2. The van der Waals surface area contributed by atoms with Crippen LogP contribution in [0.15, 0.2) is 0 Å². The van der Waals surface area contributed by atoms with Crippen LogP contribution in [0.5, 0.6) is 0 Å². The Morgan fingerprint density at radius 3 is 2.74 bits per heavy atom. The van der Waals surface area contributed by atoms with Crippen molar-refractivity contribution in [2.75, 3.05) is 13.2 Å². The zero-order valence-electron chi connectivity index (χ0n) is 11.7. The van der Waals surface area contributed by atoms with Crippen molar-refractivity contribution in [1.29, 1.82) is 0 Å². The van der Waals surface area contributed by atoms with Crippen LogP contribution in [0.3, 0.4) is 0 Å². The van der Waals surface area contributed by atoms with Gasteiger partial charge in [0, 0.05) is 18.2 Å². The Morgan fingerprint density at radius 1 is 1.16 bits per heavy atom. The van der Waals surface area contributed by atoms with E-state index < -0.39 is 0 Å². The van der Waals surface area contributed by atoms with E-state index in [1.807, 2.05) is 0 Å². The minimum Gasteiger partial charge on any atom is -0.368 e. The van der Waals surface area contributed by atoms with E-state index in [1.165, 1.54) is 32.1 Å². The van der Waals surface area contributed by atoms with Crippen LogP contribution in [0.25, 0.3) is 0 Å². The van der Waals surface area contributed by atoms with Gasteiger partial charge >= 0.3 is 0 Å². The summed E-state index contributed by atoms with van der Waals surface area (Å²) in [6.45, 7) is 1.78. The van der Waals surface area contributed by atoms with E-state index >= 15 is 0 Å². The van der Waals surface area contributed by atoms with Gasteiger partial charge in [0.2, 0.25) is 5.91 Å². The molecule has 2 N–H and O–H groups in total. The van der Waals surface area contributed by atoms with Crippen LogP contribution >= 0.6 is 0 Å². The van der Waals surface area contributed by atoms with Gasteiger partial charge in [0.05, 0.1) is 0 Å². The summed E-state index contributed by atoms with van der Waals surface area (Å²) < 4.78 is 5.47. The second-order valence-corrected chi connectivity index (χ2v) is 6.47. The topological polar surface area (TPSA) is 50.4 Å². The lowest BCUT2D eigenvalue weighted by Crippen LogP contribution is -2.57. The van der Waals surface area contributed by atoms with E-state index in [-0.39, 0.29) is 12.0 Å². The van der Waals surface area contributed by atoms with Crippen LogP contribution in [-0.2, 0) is 9.53 Å². The van der Waals surface area contributed by atoms with Crippen molar-refractivity contribution in [3.63, 3.8) is 0 Å². The molecule has 108 valence electrons. The number of hydrogen-bond donors (Lipinski definition) is 2. The third-order valence-corrected chi connectivity index (χ3v) is 5.01. The van der Waals surface area contributed by atoms with Crippen molar-refractivity contribution in [3.05, 3.63) is 0 Å². The Kier molecular flexibility index (Phi) is 4.08. The van der Waals surface area contributed by atoms with Gasteiger partial charge in [-0.05, 0) is 45.1 Å². The summed E-state index contributed by atoms with van der Waals surface area (Å²) in [6, 6.07) is 0.344. The highest BCUT2D eigenvalue weighted by Crippen LogP contribution is 2.34. The van der Waals surface area contributed by atoms with E-state index in [9.17, 15) is 4.79 Å². The summed E-state index contributed by atoms with van der Waals surface area (Å²) in [7, 11) is 0. The molecule has 3 rings (SSSR count). The Hall–Kier alpha value is -0.610. The molecule has 1 spiro atoms. The number of piperidine rings is 1. The Balaban J connectivity index is 1.54. The molecule has 1 aliphatic carbocycles. The molecule has 4 nitrogen and oxygen atoms in total. The summed E-state index contributed by atoms with van der Waals surface area (Å²) >= 11 is 0. The van der Waals surface area contributed by atoms with E-state index in [2.05, 4.69) is 10.6 Å². The number of carbonyl (C=O) groups excluding carboxylic acids is 1. The second kappa shape index (κ2) is 5.80. The van der Waals surface area contributed by atoms with Crippen molar-refractivity contribution in [2.45, 2.75) is 75.5 Å². The quantitative estimate of drug-likeness (QED) is 0.800. The molecule has 1 unspecified atom stereocenters. The SMILES string of the molecule is O=C(NC1CCNC2(CCCCC2)C1)[C@@H]1CCCO1. The summed E-state index contributed by atoms with van der Waals surface area (Å²) in [5.41, 5.74) is 0.310. The molecular weight excluding hydrogens is 240 g/mol. The van der Waals surface area contributed by atoms with Crippen LogP contribution in [-0.4, -0.2) is 36.7 Å². The molecule has 0 aromatic heterocycles. The van der Waals surface area contributed by atoms with Gasteiger partial charge in [-0.2, -0.15) is 0 Å². The molecule has 0 aromatic carbocycles. The molecule has 2 aliphatic heterocycles. The second-order valence-electron chi connectivity index (χ2n) is 6.47. The molecule has 3 fully saturated rings. The summed E-state index contributed by atoms with van der Waals surface area (Å²) in [5, 5.41) is 6.95. The van der Waals surface area contributed by atoms with E-state index in [0.29, 0.717) is 11.6 Å². The van der Waals surface area contributed by atoms with Gasteiger partial charge in [0.15, 0.2) is 0 Å². The Morgan fingerprint density at radius 2 is 2.00 bits per heavy atom. The summed E-state index contributed by atoms with van der Waals surface area (Å²) in [6.07, 6.45) is 10.5. The fourth-order valence-corrected chi connectivity index (χ4v) is 3.97. The number of hydrogen-bond acceptors (Lipinski definition) is 3. The van der Waals surface area contributed by atoms with E-state index in [0.717, 1.165) is 38.8 Å². The van der Waals surface area contributed by atoms with Crippen molar-refractivity contribution < 1.29 is 9.53 Å². The summed E-state index contributed by atoms with van der Waals surface area (Å²) in [5.74, 6) is 0.121. The van der Waals surface area contributed by atoms with Gasteiger partial charge in [-0.3, -0.25) is 4.79 Å². The Labute approximate surface area is 115 Å². The molecule has 3 aliphatic rings. The molecule has 1 amide bonds. The van der Waals surface area contributed by atoms with Crippen molar-refractivity contribution in [3.8, 4) is 0 Å². The van der Waals surface area contributed by atoms with Gasteiger partial charge in [-0.1, -0.05) is 19.3 Å². The first-order valence-electron chi connectivity index (χ1n) is 7.94. The number of carbonyl (C=O) groups is 1. The van der Waals surface area contributed by atoms with Crippen LogP contribution < -0.4 is 10.6 Å². The maximum absolute atomic E-state index is 12.1. The third kappa shape index (κ3) is 3.11. The van der Waals surface area contributed by atoms with Crippen molar-refractivity contribution in [2.24, 2.45) is 0 Å². The molecule has 2 heterocycles. The van der Waals surface area contributed by atoms with E-state index in [4.69, 9.17) is 4.74 Å². The summed E-state index contributed by atoms with van der Waals surface area (Å²) in [4.78, 5) is 12.1. The first-order chi connectivity index (χ1) is 9.27. The van der Waals surface area contributed by atoms with Crippen LogP contribution in [0.2, 0.25) is 0 Å². The number of ether oxygens (including phenoxy) is 1. The van der Waals surface area contributed by atoms with Gasteiger partial charge in [-0.15, -0.1) is 0 Å². The molecule has 4 heteroatoms. The lowest BCUT2D eigenvalue weighted by atomic mass is 9.75. The highest BCUT2D eigenvalue weighted by atomic mass is 16.5. The first-order valence-corrected chi connectivity index (χ1v) is 7.94. The molecule has 19 heavy (non-hydrogen) atoms. The zero-order chi connectivity index (χ0) is 13.1. The molecule has 0 radical (unpaired) electrons. The smallest absolute Gasteiger partial charge is 0.249 e. The lowest BCUT2D eigenvalue weighted by molar-refractivity contribution is -0.131. The average Bonchev–Trinajstić information content (AvgIpc) is 2.93. The third-order valence-electron chi connectivity index (χ3n) is 5.01. The van der Waals surface area contributed by atoms with Gasteiger partial charge in [-0.25, -0.2) is 0 Å². The standard InChI is InChI=1S/C15H26N2O2/c18-14(13-5-4-10-19-13)17-12-6-9-16-15(11-12)7-2-1-3-8-15/h12-13,16H,1-11H2,(H,17,18)/t12?,13-/m0/s1. The maximum atomic E-state index is 12.1. The minimum absolute atomic E-state index is 0.121. The highest BCUT2D eigenvalue weighted by molar-refractivity contribution is 5.81. The molecule has 0 bridgehead atoms. The van der Waals surface area contributed by atoms with Crippen molar-refractivity contribution in [1.82, 2.24) is 10.6 Å². The van der Waals surface area contributed by atoms with E-state index in [1.54, 1.807) is 0 Å². The zero-order valence-corrected chi connectivity index (χ0v) is 11.7. The normalized spacial score (nSPS) is 34.3. The maximum Gasteiger partial charge on any atom is 0.249 e. The van der Waals surface area contributed by atoms with Crippen LogP contribution in [0.4, 0.5) is 0 Å². The minimum atomic E-state index is -0.183. The molecule has 0 aromatic rings. The molecule has 2 saturated heterocycles. The van der Waals surface area contributed by atoms with Gasteiger partial charge in [0.1, 0.15) is 6.10 Å². The lowest BCUT2D eigenvalue weighted by Gasteiger charge is -2.45. The Bertz CT molecular complexity index is 315. The predicted octanol–water partition coefficient (Wildman–Crippen LogP) is 1.74. The van der Waals surface area contributed by atoms with Gasteiger partial charge < -0.3 is 15.4 Å². The monoisotopic (exact) mass is 266 g/mol. The largest absolute Gasteiger partial charge is 0.368 e. The fourth-order valence-electron chi connectivity index (χ4n) is 3.97. The van der Waals surface area contributed by atoms with Crippen LogP contribution in [0.1, 0.15) is 57.8 Å². The number of amides is 1. The van der Waals surface area contributed by atoms with Gasteiger partial charge in [0.25, 0.3) is 0 Å². The van der Waals surface area contributed by atoms with Crippen molar-refractivity contribution >= 4 is 5.91 Å². The average molecular weight is 266 g/mol. The first kappa shape index (κ1) is 13.4. The molecule has 2 atom stereocenters.